The minimum Gasteiger partial charge on any atom is -0.349 e. The van der Waals surface area contributed by atoms with Crippen LogP contribution in [0.4, 0.5) is 10.1 Å². The summed E-state index contributed by atoms with van der Waals surface area (Å²) in [4.78, 5) is 24.4. The molecule has 0 heterocycles. The number of nitrogens with one attached hydrogen (secondary N) is 2. The minimum atomic E-state index is -0.416. The maximum absolute atomic E-state index is 12.9. The van der Waals surface area contributed by atoms with Crippen LogP contribution < -0.4 is 10.6 Å². The normalized spacial score (nSPS) is 10.0. The van der Waals surface area contributed by atoms with E-state index in [-0.39, 0.29) is 5.91 Å². The molecule has 2 aromatic rings. The van der Waals surface area contributed by atoms with Crippen molar-refractivity contribution in [3.05, 3.63) is 75.6 Å². The lowest BCUT2D eigenvalue weighted by Gasteiger charge is -2.11. The van der Waals surface area contributed by atoms with Crippen molar-refractivity contribution in [1.82, 2.24) is 5.32 Å². The zero-order chi connectivity index (χ0) is 16.8. The number of carbonyl (C=O) groups is 2. The molecule has 2 aromatic carbocycles. The average molecular weight is 424 g/mol. The van der Waals surface area contributed by atoms with Gasteiger partial charge in [-0.25, -0.2) is 4.39 Å². The van der Waals surface area contributed by atoms with Gasteiger partial charge in [0.05, 0.1) is 11.3 Å². The Bertz CT molecular complexity index is 745. The van der Waals surface area contributed by atoms with Crippen molar-refractivity contribution in [2.75, 3.05) is 11.9 Å². The Balaban J connectivity index is 2.25. The second kappa shape index (κ2) is 7.87. The van der Waals surface area contributed by atoms with Crippen LogP contribution in [0.1, 0.15) is 20.7 Å². The highest BCUT2D eigenvalue weighted by Crippen LogP contribution is 2.20. The van der Waals surface area contributed by atoms with Crippen molar-refractivity contribution in [2.24, 2.45) is 0 Å². The smallest absolute Gasteiger partial charge is 0.255 e. The fourth-order valence-electron chi connectivity index (χ4n) is 1.87. The number of carbonyl (C=O) groups excluding carboxylic acids is 2. The number of hydrogen-bond donors (Lipinski definition) is 2. The summed E-state index contributed by atoms with van der Waals surface area (Å²) in [5, 5.41) is 5.35. The van der Waals surface area contributed by atoms with Gasteiger partial charge >= 0.3 is 0 Å². The van der Waals surface area contributed by atoms with Gasteiger partial charge in [0.25, 0.3) is 11.8 Å². The van der Waals surface area contributed by atoms with Gasteiger partial charge in [-0.15, -0.1) is 6.58 Å². The Morgan fingerprint density at radius 3 is 2.48 bits per heavy atom. The molecule has 0 aliphatic rings. The highest BCUT2D eigenvalue weighted by Gasteiger charge is 2.14. The molecule has 2 amide bonds. The Morgan fingerprint density at radius 2 is 1.83 bits per heavy atom. The zero-order valence-corrected chi connectivity index (χ0v) is 14.3. The highest BCUT2D eigenvalue weighted by atomic mass is 127. The maximum Gasteiger partial charge on any atom is 0.255 e. The van der Waals surface area contributed by atoms with Gasteiger partial charge < -0.3 is 10.6 Å². The van der Waals surface area contributed by atoms with Crippen molar-refractivity contribution < 1.29 is 14.0 Å². The number of rotatable bonds is 5. The van der Waals surface area contributed by atoms with Crippen LogP contribution in [0.2, 0.25) is 0 Å². The fourth-order valence-corrected chi connectivity index (χ4v) is 2.36. The van der Waals surface area contributed by atoms with Crippen molar-refractivity contribution in [1.29, 1.82) is 0 Å². The molecule has 23 heavy (non-hydrogen) atoms. The number of halogens is 2. The van der Waals surface area contributed by atoms with Gasteiger partial charge in [-0.3, -0.25) is 9.59 Å². The largest absolute Gasteiger partial charge is 0.349 e. The first kappa shape index (κ1) is 17.1. The first-order valence-corrected chi connectivity index (χ1v) is 7.84. The summed E-state index contributed by atoms with van der Waals surface area (Å²) in [5.41, 5.74) is 1.05. The van der Waals surface area contributed by atoms with E-state index in [0.29, 0.717) is 23.4 Å². The van der Waals surface area contributed by atoms with E-state index in [1.54, 1.807) is 24.3 Å². The fraction of sp³-hybridized carbons (Fsp3) is 0.0588. The molecule has 0 atom stereocenters. The van der Waals surface area contributed by atoms with E-state index in [4.69, 9.17) is 0 Å². The third-order valence-corrected chi connectivity index (χ3v) is 3.66. The molecule has 0 saturated carbocycles. The standard InChI is InChI=1S/C17H14FIN2O2/c1-2-9-20-17(23)14-10-13(19)7-8-15(14)21-16(22)11-3-5-12(18)6-4-11/h2-8,10H,1,9H2,(H,20,23)(H,21,22). The Kier molecular flexibility index (Phi) is 5.86. The van der Waals surface area contributed by atoms with Crippen LogP contribution in [-0.4, -0.2) is 18.4 Å². The van der Waals surface area contributed by atoms with E-state index in [2.05, 4.69) is 39.8 Å². The SMILES string of the molecule is C=CCNC(=O)c1cc(I)ccc1NC(=O)c1ccc(F)cc1. The van der Waals surface area contributed by atoms with Crippen LogP contribution >= 0.6 is 22.6 Å². The lowest BCUT2D eigenvalue weighted by molar-refractivity contribution is 0.0959. The molecule has 0 aliphatic heterocycles. The van der Waals surface area contributed by atoms with Gasteiger partial charge in [-0.2, -0.15) is 0 Å². The predicted molar refractivity (Wildman–Crippen MR) is 96.0 cm³/mol. The molecule has 0 aromatic heterocycles. The predicted octanol–water partition coefficient (Wildman–Crippen LogP) is 3.60. The van der Waals surface area contributed by atoms with Crippen molar-refractivity contribution in [2.45, 2.75) is 0 Å². The third kappa shape index (κ3) is 4.62. The number of hydrogen-bond acceptors (Lipinski definition) is 2. The molecule has 2 rings (SSSR count). The first-order chi connectivity index (χ1) is 11.0. The van der Waals surface area contributed by atoms with Crippen molar-refractivity contribution in [3.8, 4) is 0 Å². The Morgan fingerprint density at radius 1 is 1.13 bits per heavy atom. The summed E-state index contributed by atoms with van der Waals surface area (Å²) in [6, 6.07) is 10.3. The molecule has 4 nitrogen and oxygen atoms in total. The number of anilines is 1. The van der Waals surface area contributed by atoms with E-state index >= 15 is 0 Å². The molecule has 118 valence electrons. The van der Waals surface area contributed by atoms with E-state index < -0.39 is 11.7 Å². The van der Waals surface area contributed by atoms with Crippen molar-refractivity contribution in [3.63, 3.8) is 0 Å². The molecule has 0 radical (unpaired) electrons. The molecule has 0 spiro atoms. The van der Waals surface area contributed by atoms with E-state index in [1.807, 2.05) is 0 Å². The third-order valence-electron chi connectivity index (χ3n) is 2.99. The van der Waals surface area contributed by atoms with Gasteiger partial charge in [-0.1, -0.05) is 6.08 Å². The van der Waals surface area contributed by atoms with Crippen molar-refractivity contribution >= 4 is 40.1 Å². The van der Waals surface area contributed by atoms with Gasteiger partial charge in [0.1, 0.15) is 5.82 Å². The van der Waals surface area contributed by atoms with E-state index in [9.17, 15) is 14.0 Å². The molecule has 0 aliphatic carbocycles. The molecule has 0 saturated heterocycles. The topological polar surface area (TPSA) is 58.2 Å². The van der Waals surface area contributed by atoms with Gasteiger partial charge in [-0.05, 0) is 65.1 Å². The highest BCUT2D eigenvalue weighted by molar-refractivity contribution is 14.1. The lowest BCUT2D eigenvalue weighted by atomic mass is 10.1. The first-order valence-electron chi connectivity index (χ1n) is 6.77. The summed E-state index contributed by atoms with van der Waals surface area (Å²) in [5.74, 6) is -1.14. The second-order valence-corrected chi connectivity index (χ2v) is 5.90. The van der Waals surface area contributed by atoms with Crippen LogP contribution in [0.15, 0.2) is 55.1 Å². The van der Waals surface area contributed by atoms with Crippen LogP contribution in [0.25, 0.3) is 0 Å². The van der Waals surface area contributed by atoms with Gasteiger partial charge in [0, 0.05) is 15.7 Å². The molecular weight excluding hydrogens is 410 g/mol. The molecule has 6 heteroatoms. The van der Waals surface area contributed by atoms with Crippen LogP contribution in [0.3, 0.4) is 0 Å². The minimum absolute atomic E-state index is 0.308. The summed E-state index contributed by atoms with van der Waals surface area (Å²) < 4.78 is 13.8. The maximum atomic E-state index is 12.9. The number of amides is 2. The van der Waals surface area contributed by atoms with Gasteiger partial charge in [0.2, 0.25) is 0 Å². The van der Waals surface area contributed by atoms with Crippen LogP contribution in [-0.2, 0) is 0 Å². The molecular formula is C17H14FIN2O2. The van der Waals surface area contributed by atoms with Gasteiger partial charge in [0.15, 0.2) is 0 Å². The molecule has 0 fully saturated rings. The summed E-state index contributed by atoms with van der Waals surface area (Å²) >= 11 is 2.09. The average Bonchev–Trinajstić information content (AvgIpc) is 2.54. The monoisotopic (exact) mass is 424 g/mol. The molecule has 0 unspecified atom stereocenters. The molecule has 2 N–H and O–H groups in total. The quantitative estimate of drug-likeness (QED) is 0.570. The number of benzene rings is 2. The summed E-state index contributed by atoms with van der Waals surface area (Å²) in [7, 11) is 0. The zero-order valence-electron chi connectivity index (χ0n) is 12.1. The second-order valence-electron chi connectivity index (χ2n) is 4.65. The summed E-state index contributed by atoms with van der Waals surface area (Å²) in [6.45, 7) is 3.87. The lowest BCUT2D eigenvalue weighted by Crippen LogP contribution is -2.25. The van der Waals surface area contributed by atoms with E-state index in [1.165, 1.54) is 24.3 Å². The van der Waals surface area contributed by atoms with Crippen LogP contribution in [0.5, 0.6) is 0 Å². The Hall–Kier alpha value is -2.22. The molecule has 0 bridgehead atoms. The van der Waals surface area contributed by atoms with Crippen LogP contribution in [0, 0.1) is 9.39 Å². The summed E-state index contributed by atoms with van der Waals surface area (Å²) in [6.07, 6.45) is 1.57. The Labute approximate surface area is 146 Å². The van der Waals surface area contributed by atoms with E-state index in [0.717, 1.165) is 3.57 Å².